The molecule has 3 atom stereocenters. The molecule has 3 amide bonds. The number of carboxylic acid groups (broad SMARTS) is 1. The van der Waals surface area contributed by atoms with E-state index in [0.29, 0.717) is 24.4 Å². The van der Waals surface area contributed by atoms with Crippen LogP contribution < -0.4 is 5.32 Å². The number of imide groups is 1. The molecule has 2 N–H and O–H groups in total. The molecule has 0 bridgehead atoms. The molecule has 3 fully saturated rings. The van der Waals surface area contributed by atoms with Crippen LogP contribution in [0.1, 0.15) is 35.2 Å². The highest BCUT2D eigenvalue weighted by Gasteiger charge is 2.46. The van der Waals surface area contributed by atoms with Gasteiger partial charge in [0.25, 0.3) is 5.91 Å². The Kier molecular flexibility index (Phi) is 4.45. The summed E-state index contributed by atoms with van der Waals surface area (Å²) >= 11 is 0. The van der Waals surface area contributed by atoms with E-state index in [1.807, 2.05) is 0 Å². The number of nitrogens with zero attached hydrogens (tertiary/aromatic N) is 1. The van der Waals surface area contributed by atoms with E-state index in [9.17, 15) is 24.3 Å². The average molecular weight is 370 g/mol. The summed E-state index contributed by atoms with van der Waals surface area (Å²) in [5, 5.41) is 11.7. The number of rotatable bonds is 5. The molecule has 142 valence electrons. The first kappa shape index (κ1) is 17.7. The van der Waals surface area contributed by atoms with Crippen molar-refractivity contribution < 1.29 is 24.3 Å². The number of hydrogen-bond acceptors (Lipinski definition) is 4. The zero-order chi connectivity index (χ0) is 19.1. The molecular weight excluding hydrogens is 348 g/mol. The normalized spacial score (nSPS) is 27.7. The summed E-state index contributed by atoms with van der Waals surface area (Å²) in [5.41, 5.74) is 1.41. The Morgan fingerprint density at radius 2 is 1.81 bits per heavy atom. The molecule has 1 aromatic carbocycles. The summed E-state index contributed by atoms with van der Waals surface area (Å²) < 4.78 is 0. The van der Waals surface area contributed by atoms with Crippen molar-refractivity contribution in [2.24, 2.45) is 23.7 Å². The van der Waals surface area contributed by atoms with Gasteiger partial charge in [-0.25, -0.2) is 0 Å². The zero-order valence-corrected chi connectivity index (χ0v) is 14.9. The lowest BCUT2D eigenvalue weighted by atomic mass is 9.92. The lowest BCUT2D eigenvalue weighted by molar-refractivity contribution is -0.142. The van der Waals surface area contributed by atoms with Crippen LogP contribution >= 0.6 is 0 Å². The van der Waals surface area contributed by atoms with Gasteiger partial charge in [0.2, 0.25) is 11.8 Å². The van der Waals surface area contributed by atoms with Crippen molar-refractivity contribution in [3.05, 3.63) is 35.4 Å². The van der Waals surface area contributed by atoms with E-state index < -0.39 is 11.9 Å². The first-order valence-electron chi connectivity index (χ1n) is 9.37. The van der Waals surface area contributed by atoms with Crippen LogP contribution in [0.5, 0.6) is 0 Å². The molecule has 0 aromatic heterocycles. The SMILES string of the molecule is O=C1CC(Cc2ccc(C(=O)N3C[C@H](C(=O)O)[C@@H](C4CC4)C3)cc2)C(=O)N1. The molecule has 3 aliphatic rings. The van der Waals surface area contributed by atoms with Crippen LogP contribution in [-0.2, 0) is 20.8 Å². The molecule has 2 saturated heterocycles. The molecule has 7 heteroatoms. The quantitative estimate of drug-likeness (QED) is 0.755. The second-order valence-electron chi connectivity index (χ2n) is 7.87. The predicted molar refractivity (Wildman–Crippen MR) is 94.6 cm³/mol. The lowest BCUT2D eigenvalue weighted by Crippen LogP contribution is -2.29. The van der Waals surface area contributed by atoms with Gasteiger partial charge >= 0.3 is 5.97 Å². The second kappa shape index (κ2) is 6.79. The topological polar surface area (TPSA) is 104 Å². The average Bonchev–Trinajstić information content (AvgIpc) is 3.30. The number of carbonyl (C=O) groups is 4. The predicted octanol–water partition coefficient (Wildman–Crippen LogP) is 1.07. The summed E-state index contributed by atoms with van der Waals surface area (Å²) in [4.78, 5) is 48.9. The van der Waals surface area contributed by atoms with E-state index in [4.69, 9.17) is 0 Å². The van der Waals surface area contributed by atoms with Gasteiger partial charge < -0.3 is 10.0 Å². The second-order valence-corrected chi connectivity index (χ2v) is 7.87. The number of carbonyl (C=O) groups excluding carboxylic acids is 3. The molecule has 0 radical (unpaired) electrons. The highest BCUT2D eigenvalue weighted by molar-refractivity contribution is 6.03. The summed E-state index contributed by atoms with van der Waals surface area (Å²) in [6.07, 6.45) is 2.78. The van der Waals surface area contributed by atoms with Crippen molar-refractivity contribution in [1.29, 1.82) is 0 Å². The molecule has 4 rings (SSSR count). The van der Waals surface area contributed by atoms with Crippen LogP contribution in [0.15, 0.2) is 24.3 Å². The number of carboxylic acids is 1. The molecule has 27 heavy (non-hydrogen) atoms. The van der Waals surface area contributed by atoms with Gasteiger partial charge in [-0.15, -0.1) is 0 Å². The molecule has 2 aliphatic heterocycles. The van der Waals surface area contributed by atoms with E-state index in [-0.39, 0.29) is 42.5 Å². The fraction of sp³-hybridized carbons (Fsp3) is 0.500. The first-order chi connectivity index (χ1) is 12.9. The van der Waals surface area contributed by atoms with Gasteiger partial charge in [0, 0.05) is 25.1 Å². The van der Waals surface area contributed by atoms with E-state index >= 15 is 0 Å². The molecular formula is C20H22N2O5. The van der Waals surface area contributed by atoms with Crippen LogP contribution in [0.4, 0.5) is 0 Å². The molecule has 1 aliphatic carbocycles. The smallest absolute Gasteiger partial charge is 0.308 e. The third kappa shape index (κ3) is 3.59. The number of aliphatic carboxylic acids is 1. The van der Waals surface area contributed by atoms with Gasteiger partial charge in [-0.1, -0.05) is 12.1 Å². The van der Waals surface area contributed by atoms with E-state index in [1.54, 1.807) is 29.2 Å². The van der Waals surface area contributed by atoms with Crippen molar-refractivity contribution in [3.8, 4) is 0 Å². The third-order valence-electron chi connectivity index (χ3n) is 5.95. The van der Waals surface area contributed by atoms with Crippen molar-refractivity contribution in [3.63, 3.8) is 0 Å². The summed E-state index contributed by atoms with van der Waals surface area (Å²) in [6, 6.07) is 7.03. The van der Waals surface area contributed by atoms with Crippen LogP contribution in [0, 0.1) is 23.7 Å². The maximum atomic E-state index is 12.8. The molecule has 2 heterocycles. The molecule has 1 saturated carbocycles. The number of likely N-dealkylation sites (tertiary alicyclic amines) is 1. The fourth-order valence-corrected chi connectivity index (χ4v) is 4.28. The summed E-state index contributed by atoms with van der Waals surface area (Å²) in [5.74, 6) is -1.79. The maximum absolute atomic E-state index is 12.8. The number of amides is 3. The van der Waals surface area contributed by atoms with Gasteiger partial charge in [-0.3, -0.25) is 24.5 Å². The van der Waals surface area contributed by atoms with Crippen LogP contribution in [-0.4, -0.2) is 46.8 Å². The Morgan fingerprint density at radius 3 is 2.37 bits per heavy atom. The van der Waals surface area contributed by atoms with Crippen molar-refractivity contribution in [2.75, 3.05) is 13.1 Å². The number of hydrogen-bond donors (Lipinski definition) is 2. The van der Waals surface area contributed by atoms with E-state index in [2.05, 4.69) is 5.32 Å². The molecule has 1 unspecified atom stereocenters. The fourth-order valence-electron chi connectivity index (χ4n) is 4.28. The Bertz CT molecular complexity index is 799. The maximum Gasteiger partial charge on any atom is 0.308 e. The Balaban J connectivity index is 1.41. The first-order valence-corrected chi connectivity index (χ1v) is 9.37. The van der Waals surface area contributed by atoms with Gasteiger partial charge in [-0.05, 0) is 48.8 Å². The van der Waals surface area contributed by atoms with Gasteiger partial charge in [-0.2, -0.15) is 0 Å². The number of nitrogens with one attached hydrogen (secondary N) is 1. The van der Waals surface area contributed by atoms with Crippen LogP contribution in [0.25, 0.3) is 0 Å². The monoisotopic (exact) mass is 370 g/mol. The molecule has 1 aromatic rings. The van der Waals surface area contributed by atoms with Crippen LogP contribution in [0.2, 0.25) is 0 Å². The number of benzene rings is 1. The van der Waals surface area contributed by atoms with Crippen LogP contribution in [0.3, 0.4) is 0 Å². The Morgan fingerprint density at radius 1 is 1.11 bits per heavy atom. The van der Waals surface area contributed by atoms with E-state index in [0.717, 1.165) is 18.4 Å². The molecule has 0 spiro atoms. The third-order valence-corrected chi connectivity index (χ3v) is 5.95. The largest absolute Gasteiger partial charge is 0.481 e. The highest BCUT2D eigenvalue weighted by Crippen LogP contribution is 2.44. The Hall–Kier alpha value is -2.70. The lowest BCUT2D eigenvalue weighted by Gasteiger charge is -2.16. The van der Waals surface area contributed by atoms with Gasteiger partial charge in [0.15, 0.2) is 0 Å². The minimum absolute atomic E-state index is 0.0594. The van der Waals surface area contributed by atoms with Crippen molar-refractivity contribution in [2.45, 2.75) is 25.7 Å². The standard InChI is InChI=1S/C20H22N2O5/c23-17-8-14(18(24)21-17)7-11-1-3-13(4-2-11)19(25)22-9-15(12-5-6-12)16(10-22)20(26)27/h1-4,12,14-16H,5-10H2,(H,26,27)(H,21,23,24)/t14?,15-,16+/m1/s1. The van der Waals surface area contributed by atoms with Gasteiger partial charge in [0.05, 0.1) is 11.8 Å². The minimum Gasteiger partial charge on any atom is -0.481 e. The highest BCUT2D eigenvalue weighted by atomic mass is 16.4. The Labute approximate surface area is 156 Å². The van der Waals surface area contributed by atoms with E-state index in [1.165, 1.54) is 0 Å². The van der Waals surface area contributed by atoms with Crippen molar-refractivity contribution >= 4 is 23.7 Å². The summed E-state index contributed by atoms with van der Waals surface area (Å²) in [7, 11) is 0. The summed E-state index contributed by atoms with van der Waals surface area (Å²) in [6.45, 7) is 0.772. The van der Waals surface area contributed by atoms with Gasteiger partial charge in [0.1, 0.15) is 0 Å². The van der Waals surface area contributed by atoms with Crippen molar-refractivity contribution in [1.82, 2.24) is 10.2 Å². The molecule has 7 nitrogen and oxygen atoms in total. The zero-order valence-electron chi connectivity index (χ0n) is 14.9. The minimum atomic E-state index is -0.818.